The third kappa shape index (κ3) is 3.27. The number of rotatable bonds is 3. The van der Waals surface area contributed by atoms with Crippen molar-refractivity contribution < 1.29 is 9.72 Å². The van der Waals surface area contributed by atoms with E-state index in [9.17, 15) is 14.9 Å². The third-order valence-corrected chi connectivity index (χ3v) is 6.28. The normalized spacial score (nSPS) is 25.4. The molecule has 7 heteroatoms. The van der Waals surface area contributed by atoms with Gasteiger partial charge in [-0.2, -0.15) is 5.10 Å². The van der Waals surface area contributed by atoms with E-state index in [0.717, 1.165) is 21.2 Å². The van der Waals surface area contributed by atoms with Gasteiger partial charge in [0.1, 0.15) is 12.1 Å². The molecule has 2 aromatic rings. The van der Waals surface area contributed by atoms with E-state index in [1.54, 1.807) is 11.2 Å². The molecule has 1 saturated heterocycles. The van der Waals surface area contributed by atoms with Gasteiger partial charge in [-0.25, -0.2) is 0 Å². The van der Waals surface area contributed by atoms with E-state index in [4.69, 9.17) is 0 Å². The summed E-state index contributed by atoms with van der Waals surface area (Å²) in [6.45, 7) is 5.55. The summed E-state index contributed by atoms with van der Waals surface area (Å²) in [5, 5.41) is 18.6. The lowest BCUT2D eigenvalue weighted by Gasteiger charge is -2.33. The number of fused-ring (bicyclic) bond motifs is 3. The van der Waals surface area contributed by atoms with Crippen LogP contribution in [-0.4, -0.2) is 34.0 Å². The van der Waals surface area contributed by atoms with E-state index in [1.165, 1.54) is 0 Å². The number of nitrogens with zero attached hydrogens (tertiary/aromatic N) is 3. The molecule has 150 valence electrons. The van der Waals surface area contributed by atoms with Crippen LogP contribution in [0.4, 0.5) is 0 Å². The second kappa shape index (κ2) is 7.06. The maximum absolute atomic E-state index is 13.5. The molecule has 29 heavy (non-hydrogen) atoms. The second-order valence-corrected chi connectivity index (χ2v) is 9.53. The van der Waals surface area contributed by atoms with Crippen LogP contribution in [0.2, 0.25) is 0 Å². The summed E-state index contributed by atoms with van der Waals surface area (Å²) in [6.07, 6.45) is 1.70. The minimum Gasteiger partial charge on any atom is -0.297 e. The summed E-state index contributed by atoms with van der Waals surface area (Å²) in [4.78, 5) is 25.6. The van der Waals surface area contributed by atoms with E-state index in [0.29, 0.717) is 0 Å². The lowest BCUT2D eigenvalue weighted by atomic mass is 9.78. The molecule has 0 unspecified atom stereocenters. The highest BCUT2D eigenvalue weighted by Crippen LogP contribution is 2.50. The number of hydrogen-bond acceptors (Lipinski definition) is 5. The molecule has 1 fully saturated rings. The summed E-state index contributed by atoms with van der Waals surface area (Å²) >= 11 is 3.42. The lowest BCUT2D eigenvalue weighted by molar-refractivity contribution is -0.529. The molecule has 2 heterocycles. The first-order chi connectivity index (χ1) is 13.7. The quantitative estimate of drug-likeness (QED) is 0.501. The van der Waals surface area contributed by atoms with Gasteiger partial charge in [0, 0.05) is 20.4 Å². The Labute approximate surface area is 177 Å². The average Bonchev–Trinajstić information content (AvgIpc) is 3.02. The molecular formula is C22H22BrN3O3. The van der Waals surface area contributed by atoms with Crippen LogP contribution in [0.15, 0.2) is 58.1 Å². The van der Waals surface area contributed by atoms with Crippen LogP contribution < -0.4 is 0 Å². The Balaban J connectivity index is 1.93. The molecule has 6 nitrogen and oxygen atoms in total. The van der Waals surface area contributed by atoms with E-state index in [-0.39, 0.29) is 10.7 Å². The van der Waals surface area contributed by atoms with Crippen LogP contribution in [0.25, 0.3) is 0 Å². The minimum atomic E-state index is -0.980. The molecule has 2 aliphatic heterocycles. The van der Waals surface area contributed by atoms with Crippen LogP contribution >= 0.6 is 15.9 Å². The van der Waals surface area contributed by atoms with Crippen LogP contribution in [0.5, 0.6) is 0 Å². The largest absolute Gasteiger partial charge is 0.297 e. The number of Topliss-reactive ketones (excluding diaryl/α,β-unsaturated/α-hetero) is 1. The first-order valence-corrected chi connectivity index (χ1v) is 10.3. The molecule has 4 atom stereocenters. The van der Waals surface area contributed by atoms with Crippen molar-refractivity contribution in [2.45, 2.75) is 44.8 Å². The standard InChI is InChI=1S/C22H22BrN3O3/c1-22(2,3)21(27)20-17(13-8-10-15(23)11-9-13)19(26(28)29)18-16-7-5-4-6-14(16)12-24-25(18)20/h4-12,17-20H,1-3H3/t17-,18-,19-,20-/m1/s1. The zero-order chi connectivity index (χ0) is 20.9. The fraction of sp³-hybridized carbons (Fsp3) is 0.364. The Morgan fingerprint density at radius 2 is 1.79 bits per heavy atom. The summed E-state index contributed by atoms with van der Waals surface area (Å²) in [5.74, 6) is -0.644. The van der Waals surface area contributed by atoms with Crippen LogP contribution in [0, 0.1) is 15.5 Å². The summed E-state index contributed by atoms with van der Waals surface area (Å²) < 4.78 is 0.886. The molecule has 0 bridgehead atoms. The highest BCUT2D eigenvalue weighted by Gasteiger charge is 2.61. The molecule has 0 saturated carbocycles. The minimum absolute atomic E-state index is 0.0451. The van der Waals surface area contributed by atoms with Gasteiger partial charge in [0.2, 0.25) is 6.04 Å². The number of halogens is 1. The molecule has 4 rings (SSSR count). The predicted octanol–water partition coefficient (Wildman–Crippen LogP) is 4.57. The van der Waals surface area contributed by atoms with Crippen molar-refractivity contribution in [2.24, 2.45) is 10.5 Å². The predicted molar refractivity (Wildman–Crippen MR) is 115 cm³/mol. The highest BCUT2D eigenvalue weighted by molar-refractivity contribution is 9.10. The fourth-order valence-corrected chi connectivity index (χ4v) is 4.68. The Morgan fingerprint density at radius 1 is 1.14 bits per heavy atom. The molecule has 0 spiro atoms. The van der Waals surface area contributed by atoms with Gasteiger partial charge in [0.15, 0.2) is 5.78 Å². The van der Waals surface area contributed by atoms with Crippen molar-refractivity contribution in [3.63, 3.8) is 0 Å². The van der Waals surface area contributed by atoms with Gasteiger partial charge in [0.25, 0.3) is 0 Å². The number of hydrazone groups is 1. The van der Waals surface area contributed by atoms with E-state index < -0.39 is 29.5 Å². The SMILES string of the molecule is CC(C)(C)C(=O)[C@H]1[C@H](c2ccc(Br)cc2)[C@@H]([N+](=O)[O-])[C@H]2c3ccccc3C=NN21. The van der Waals surface area contributed by atoms with Crippen LogP contribution in [-0.2, 0) is 4.79 Å². The Morgan fingerprint density at radius 3 is 2.41 bits per heavy atom. The molecule has 0 aliphatic carbocycles. The maximum atomic E-state index is 13.5. The number of ketones is 1. The van der Waals surface area contributed by atoms with Crippen molar-refractivity contribution >= 4 is 27.9 Å². The van der Waals surface area contributed by atoms with Crippen molar-refractivity contribution in [3.8, 4) is 0 Å². The molecule has 0 amide bonds. The zero-order valence-corrected chi connectivity index (χ0v) is 18.0. The topological polar surface area (TPSA) is 75.8 Å². The first-order valence-electron chi connectivity index (χ1n) is 9.54. The molecule has 0 radical (unpaired) electrons. The maximum Gasteiger partial charge on any atom is 0.248 e. The lowest BCUT2D eigenvalue weighted by Crippen LogP contribution is -2.43. The number of carbonyl (C=O) groups excluding carboxylic acids is 1. The van der Waals surface area contributed by atoms with Gasteiger partial charge in [-0.1, -0.05) is 73.1 Å². The molecule has 2 aromatic carbocycles. The average molecular weight is 456 g/mol. The Kier molecular flexibility index (Phi) is 4.81. The fourth-order valence-electron chi connectivity index (χ4n) is 4.41. The van der Waals surface area contributed by atoms with E-state index >= 15 is 0 Å². The summed E-state index contributed by atoms with van der Waals surface area (Å²) in [5.41, 5.74) is 1.83. The first kappa shape index (κ1) is 19.8. The van der Waals surface area contributed by atoms with Crippen molar-refractivity contribution in [2.75, 3.05) is 0 Å². The summed E-state index contributed by atoms with van der Waals surface area (Å²) in [6, 6.07) is 12.7. The number of hydrogen-bond donors (Lipinski definition) is 0. The Bertz CT molecular complexity index is 997. The second-order valence-electron chi connectivity index (χ2n) is 8.61. The zero-order valence-electron chi connectivity index (χ0n) is 16.4. The van der Waals surface area contributed by atoms with E-state index in [2.05, 4.69) is 21.0 Å². The van der Waals surface area contributed by atoms with Gasteiger partial charge in [-0.05, 0) is 23.3 Å². The van der Waals surface area contributed by atoms with Crippen molar-refractivity contribution in [1.29, 1.82) is 0 Å². The van der Waals surface area contributed by atoms with E-state index in [1.807, 2.05) is 69.3 Å². The highest BCUT2D eigenvalue weighted by atomic mass is 79.9. The monoisotopic (exact) mass is 455 g/mol. The third-order valence-electron chi connectivity index (χ3n) is 5.75. The van der Waals surface area contributed by atoms with Gasteiger partial charge >= 0.3 is 0 Å². The van der Waals surface area contributed by atoms with Crippen molar-refractivity contribution in [1.82, 2.24) is 5.01 Å². The summed E-state index contributed by atoms with van der Waals surface area (Å²) in [7, 11) is 0. The van der Waals surface area contributed by atoms with Crippen LogP contribution in [0.3, 0.4) is 0 Å². The molecule has 0 aromatic heterocycles. The molecule has 0 N–H and O–H groups in total. The smallest absolute Gasteiger partial charge is 0.248 e. The van der Waals surface area contributed by atoms with Gasteiger partial charge in [-0.3, -0.25) is 19.9 Å². The molecule has 2 aliphatic rings. The number of carbonyl (C=O) groups is 1. The number of benzene rings is 2. The van der Waals surface area contributed by atoms with Gasteiger partial charge in [-0.15, -0.1) is 0 Å². The van der Waals surface area contributed by atoms with Crippen molar-refractivity contribution in [3.05, 3.63) is 79.8 Å². The number of nitro groups is 1. The van der Waals surface area contributed by atoms with Crippen LogP contribution in [0.1, 0.15) is 49.4 Å². The van der Waals surface area contributed by atoms with Gasteiger partial charge in [0.05, 0.1) is 12.1 Å². The molecular weight excluding hydrogens is 434 g/mol. The Hall–Kier alpha value is -2.54. The van der Waals surface area contributed by atoms with Gasteiger partial charge < -0.3 is 0 Å².